The molecule has 0 bridgehead atoms. The van der Waals surface area contributed by atoms with E-state index in [1.54, 1.807) is 49.6 Å². The number of methoxy groups -OCH3 is 1. The Kier molecular flexibility index (Phi) is 7.62. The summed E-state index contributed by atoms with van der Waals surface area (Å²) >= 11 is 3.39. The molecule has 2 aromatic carbocycles. The second-order valence-corrected chi connectivity index (χ2v) is 6.22. The summed E-state index contributed by atoms with van der Waals surface area (Å²) in [7, 11) is 1.57. The number of anilines is 1. The predicted molar refractivity (Wildman–Crippen MR) is 104 cm³/mol. The van der Waals surface area contributed by atoms with Crippen molar-refractivity contribution in [3.05, 3.63) is 58.1 Å². The van der Waals surface area contributed by atoms with Gasteiger partial charge in [0, 0.05) is 30.5 Å². The Bertz CT molecular complexity index is 780. The SMILES string of the molecule is CCOc1ccc(C(=O)Nc2cccc(C(=O)NCCOC)c2)cc1Br. The zero-order valence-corrected chi connectivity index (χ0v) is 16.3. The molecule has 138 valence electrons. The fourth-order valence-corrected chi connectivity index (χ4v) is 2.72. The topological polar surface area (TPSA) is 76.7 Å². The zero-order valence-electron chi connectivity index (χ0n) is 14.7. The first-order valence-corrected chi connectivity index (χ1v) is 8.95. The van der Waals surface area contributed by atoms with Crippen LogP contribution in [0.25, 0.3) is 0 Å². The number of amides is 2. The average Bonchev–Trinajstić information content (AvgIpc) is 2.64. The van der Waals surface area contributed by atoms with Gasteiger partial charge in [-0.25, -0.2) is 0 Å². The van der Waals surface area contributed by atoms with Crippen LogP contribution in [-0.4, -0.2) is 38.7 Å². The largest absolute Gasteiger partial charge is 0.493 e. The van der Waals surface area contributed by atoms with Crippen molar-refractivity contribution in [1.29, 1.82) is 0 Å². The van der Waals surface area contributed by atoms with E-state index >= 15 is 0 Å². The molecule has 0 aliphatic heterocycles. The van der Waals surface area contributed by atoms with Gasteiger partial charge in [0.05, 0.1) is 17.7 Å². The molecule has 0 radical (unpaired) electrons. The molecule has 2 aromatic rings. The monoisotopic (exact) mass is 420 g/mol. The standard InChI is InChI=1S/C19H21BrN2O4/c1-3-26-17-8-7-14(12-16(17)20)19(24)22-15-6-4-5-13(11-15)18(23)21-9-10-25-2/h4-8,11-12H,3,9-10H2,1-2H3,(H,21,23)(H,22,24). The maximum atomic E-state index is 12.4. The van der Waals surface area contributed by atoms with Crippen LogP contribution in [0, 0.1) is 0 Å². The summed E-state index contributed by atoms with van der Waals surface area (Å²) in [6, 6.07) is 11.9. The van der Waals surface area contributed by atoms with Crippen LogP contribution in [0.5, 0.6) is 5.75 Å². The average molecular weight is 421 g/mol. The third-order valence-electron chi connectivity index (χ3n) is 3.47. The predicted octanol–water partition coefficient (Wildman–Crippen LogP) is 3.48. The minimum Gasteiger partial charge on any atom is -0.493 e. The molecular formula is C19H21BrN2O4. The Balaban J connectivity index is 2.06. The van der Waals surface area contributed by atoms with Crippen molar-refractivity contribution in [2.45, 2.75) is 6.92 Å². The van der Waals surface area contributed by atoms with Gasteiger partial charge in [-0.1, -0.05) is 6.07 Å². The summed E-state index contributed by atoms with van der Waals surface area (Å²) in [6.45, 7) is 3.30. The fraction of sp³-hybridized carbons (Fsp3) is 0.263. The molecule has 7 heteroatoms. The lowest BCUT2D eigenvalue weighted by molar-refractivity contribution is 0.0936. The lowest BCUT2D eigenvalue weighted by atomic mass is 10.1. The molecule has 0 saturated carbocycles. The molecule has 0 saturated heterocycles. The van der Waals surface area contributed by atoms with Crippen LogP contribution in [0.3, 0.4) is 0 Å². The molecule has 0 atom stereocenters. The van der Waals surface area contributed by atoms with Gasteiger partial charge in [-0.15, -0.1) is 0 Å². The maximum absolute atomic E-state index is 12.4. The van der Waals surface area contributed by atoms with E-state index in [0.29, 0.717) is 46.8 Å². The Hall–Kier alpha value is -2.38. The number of hydrogen-bond donors (Lipinski definition) is 2. The van der Waals surface area contributed by atoms with E-state index in [-0.39, 0.29) is 11.8 Å². The number of benzene rings is 2. The van der Waals surface area contributed by atoms with Crippen LogP contribution in [0.15, 0.2) is 46.9 Å². The highest BCUT2D eigenvalue weighted by Gasteiger charge is 2.11. The lowest BCUT2D eigenvalue weighted by Gasteiger charge is -2.10. The highest BCUT2D eigenvalue weighted by atomic mass is 79.9. The molecule has 2 N–H and O–H groups in total. The van der Waals surface area contributed by atoms with Gasteiger partial charge in [-0.2, -0.15) is 0 Å². The van der Waals surface area contributed by atoms with Crippen molar-refractivity contribution >= 4 is 33.4 Å². The van der Waals surface area contributed by atoms with E-state index in [1.165, 1.54) is 0 Å². The van der Waals surface area contributed by atoms with Crippen LogP contribution in [0.2, 0.25) is 0 Å². The summed E-state index contributed by atoms with van der Waals surface area (Å²) < 4.78 is 11.0. The number of carbonyl (C=O) groups is 2. The van der Waals surface area contributed by atoms with Crippen molar-refractivity contribution in [3.63, 3.8) is 0 Å². The lowest BCUT2D eigenvalue weighted by Crippen LogP contribution is -2.27. The van der Waals surface area contributed by atoms with Crippen molar-refractivity contribution in [2.24, 2.45) is 0 Å². The van der Waals surface area contributed by atoms with Crippen LogP contribution in [0.1, 0.15) is 27.6 Å². The van der Waals surface area contributed by atoms with Crippen molar-refractivity contribution in [3.8, 4) is 5.75 Å². The first-order chi connectivity index (χ1) is 12.5. The van der Waals surface area contributed by atoms with Crippen molar-refractivity contribution < 1.29 is 19.1 Å². The summed E-state index contributed by atoms with van der Waals surface area (Å²) in [4.78, 5) is 24.5. The maximum Gasteiger partial charge on any atom is 0.255 e. The van der Waals surface area contributed by atoms with Crippen molar-refractivity contribution in [1.82, 2.24) is 5.32 Å². The Morgan fingerprint density at radius 3 is 2.54 bits per heavy atom. The molecule has 0 aliphatic carbocycles. The van der Waals surface area contributed by atoms with E-state index in [2.05, 4.69) is 26.6 Å². The molecule has 2 rings (SSSR count). The summed E-state index contributed by atoms with van der Waals surface area (Å²) in [5.74, 6) is 0.187. The highest BCUT2D eigenvalue weighted by Crippen LogP contribution is 2.26. The number of carbonyl (C=O) groups excluding carboxylic acids is 2. The van der Waals surface area contributed by atoms with Gasteiger partial charge in [-0.05, 0) is 59.3 Å². The fourth-order valence-electron chi connectivity index (χ4n) is 2.22. The number of halogens is 1. The number of nitrogens with one attached hydrogen (secondary N) is 2. The molecule has 0 fully saturated rings. The Morgan fingerprint density at radius 1 is 1.08 bits per heavy atom. The van der Waals surface area contributed by atoms with Crippen molar-refractivity contribution in [2.75, 3.05) is 32.2 Å². The molecule has 0 heterocycles. The number of hydrogen-bond acceptors (Lipinski definition) is 4. The summed E-state index contributed by atoms with van der Waals surface area (Å²) in [5, 5.41) is 5.54. The molecule has 0 aromatic heterocycles. The first-order valence-electron chi connectivity index (χ1n) is 8.16. The second kappa shape index (κ2) is 9.94. The zero-order chi connectivity index (χ0) is 18.9. The normalized spacial score (nSPS) is 10.3. The molecule has 0 aliphatic rings. The third kappa shape index (κ3) is 5.57. The van der Waals surface area contributed by atoms with Gasteiger partial charge in [0.2, 0.25) is 0 Å². The van der Waals surface area contributed by atoms with E-state index in [1.807, 2.05) is 6.92 Å². The molecule has 2 amide bonds. The minimum absolute atomic E-state index is 0.220. The van der Waals surface area contributed by atoms with E-state index < -0.39 is 0 Å². The smallest absolute Gasteiger partial charge is 0.255 e. The van der Waals surface area contributed by atoms with Gasteiger partial charge in [0.25, 0.3) is 11.8 Å². The molecule has 6 nitrogen and oxygen atoms in total. The Morgan fingerprint density at radius 2 is 1.85 bits per heavy atom. The van der Waals surface area contributed by atoms with E-state index in [9.17, 15) is 9.59 Å². The third-order valence-corrected chi connectivity index (χ3v) is 4.09. The van der Waals surface area contributed by atoms with Gasteiger partial charge in [-0.3, -0.25) is 9.59 Å². The van der Waals surface area contributed by atoms with Gasteiger partial charge in [0.1, 0.15) is 5.75 Å². The van der Waals surface area contributed by atoms with Crippen LogP contribution < -0.4 is 15.4 Å². The summed E-state index contributed by atoms with van der Waals surface area (Å²) in [6.07, 6.45) is 0. The Labute approximate surface area is 161 Å². The van der Waals surface area contributed by atoms with E-state index in [0.717, 1.165) is 0 Å². The van der Waals surface area contributed by atoms with Crippen LogP contribution in [-0.2, 0) is 4.74 Å². The van der Waals surface area contributed by atoms with Gasteiger partial charge in [0.15, 0.2) is 0 Å². The number of ether oxygens (including phenoxy) is 2. The number of rotatable bonds is 8. The molecule has 26 heavy (non-hydrogen) atoms. The highest BCUT2D eigenvalue weighted by molar-refractivity contribution is 9.10. The molecular weight excluding hydrogens is 400 g/mol. The van der Waals surface area contributed by atoms with Gasteiger partial charge >= 0.3 is 0 Å². The quantitative estimate of drug-likeness (QED) is 0.640. The molecule has 0 spiro atoms. The minimum atomic E-state index is -0.273. The van der Waals surface area contributed by atoms with Crippen LogP contribution >= 0.6 is 15.9 Å². The molecule has 0 unspecified atom stereocenters. The van der Waals surface area contributed by atoms with E-state index in [4.69, 9.17) is 9.47 Å². The first kappa shape index (κ1) is 19.9. The van der Waals surface area contributed by atoms with Crippen LogP contribution in [0.4, 0.5) is 5.69 Å². The summed E-state index contributed by atoms with van der Waals surface area (Å²) in [5.41, 5.74) is 1.49. The van der Waals surface area contributed by atoms with Gasteiger partial charge < -0.3 is 20.1 Å². The second-order valence-electron chi connectivity index (χ2n) is 5.36.